The summed E-state index contributed by atoms with van der Waals surface area (Å²) in [6, 6.07) is 5.44. The summed E-state index contributed by atoms with van der Waals surface area (Å²) in [5.41, 5.74) is 0. The summed E-state index contributed by atoms with van der Waals surface area (Å²) in [5.74, 6) is -0.290. The maximum Gasteiger partial charge on any atom is 0.202 e. The number of aromatic hydroxyl groups is 1. The number of sulfone groups is 1. The first-order valence-corrected chi connectivity index (χ1v) is 7.44. The molecule has 18 heavy (non-hydrogen) atoms. The van der Waals surface area contributed by atoms with Gasteiger partial charge in [-0.3, -0.25) is 0 Å². The standard InChI is InChI=1S/C12H16O5S/c13-10-1-3-12(4-2-10)18(14,15)9-17-11-5-7-16-8-6-11/h1-4,11,13H,5-9H2. The van der Waals surface area contributed by atoms with Gasteiger partial charge in [-0.1, -0.05) is 0 Å². The average Bonchev–Trinajstić information content (AvgIpc) is 2.38. The maximum absolute atomic E-state index is 11.9. The van der Waals surface area contributed by atoms with Crippen molar-refractivity contribution in [2.24, 2.45) is 0 Å². The zero-order chi connectivity index (χ0) is 13.0. The molecule has 0 unspecified atom stereocenters. The Kier molecular flexibility index (Phi) is 4.21. The average molecular weight is 272 g/mol. The Balaban J connectivity index is 1.96. The first kappa shape index (κ1) is 13.3. The number of hydrogen-bond donors (Lipinski definition) is 1. The summed E-state index contributed by atoms with van der Waals surface area (Å²) in [7, 11) is -3.45. The van der Waals surface area contributed by atoms with Gasteiger partial charge in [0.15, 0.2) is 5.94 Å². The highest BCUT2D eigenvalue weighted by atomic mass is 32.2. The third-order valence-corrected chi connectivity index (χ3v) is 4.26. The van der Waals surface area contributed by atoms with Crippen molar-refractivity contribution in [3.05, 3.63) is 24.3 Å². The van der Waals surface area contributed by atoms with Crippen LogP contribution in [0.5, 0.6) is 5.75 Å². The molecule has 0 amide bonds. The lowest BCUT2D eigenvalue weighted by Crippen LogP contribution is -2.26. The second-order valence-corrected chi connectivity index (χ2v) is 6.14. The van der Waals surface area contributed by atoms with Crippen molar-refractivity contribution >= 4 is 9.84 Å². The molecule has 1 aromatic carbocycles. The minimum Gasteiger partial charge on any atom is -0.508 e. The highest BCUT2D eigenvalue weighted by Crippen LogP contribution is 2.18. The fourth-order valence-corrected chi connectivity index (χ4v) is 2.81. The van der Waals surface area contributed by atoms with Crippen LogP contribution < -0.4 is 0 Å². The highest BCUT2D eigenvalue weighted by Gasteiger charge is 2.20. The molecule has 100 valence electrons. The van der Waals surface area contributed by atoms with Crippen LogP contribution in [0.15, 0.2) is 29.2 Å². The second-order valence-electron chi connectivity index (χ2n) is 4.20. The van der Waals surface area contributed by atoms with Crippen molar-refractivity contribution in [2.45, 2.75) is 23.8 Å². The van der Waals surface area contributed by atoms with Crippen molar-refractivity contribution in [3.63, 3.8) is 0 Å². The Labute approximate surface area is 106 Å². The van der Waals surface area contributed by atoms with E-state index in [4.69, 9.17) is 14.6 Å². The minimum absolute atomic E-state index is 0.0410. The number of ether oxygens (including phenoxy) is 2. The number of benzene rings is 1. The van der Waals surface area contributed by atoms with E-state index in [1.807, 2.05) is 0 Å². The SMILES string of the molecule is O=S(=O)(COC1CCOCC1)c1ccc(O)cc1. The summed E-state index contributed by atoms with van der Waals surface area (Å²) in [5, 5.41) is 9.12. The molecule has 1 fully saturated rings. The third kappa shape index (κ3) is 3.44. The predicted molar refractivity (Wildman–Crippen MR) is 65.1 cm³/mol. The second kappa shape index (κ2) is 5.69. The van der Waals surface area contributed by atoms with Gasteiger partial charge in [0.2, 0.25) is 9.84 Å². The van der Waals surface area contributed by atoms with Gasteiger partial charge in [0.1, 0.15) is 5.75 Å². The third-order valence-electron chi connectivity index (χ3n) is 2.82. The van der Waals surface area contributed by atoms with Crippen molar-refractivity contribution in [1.82, 2.24) is 0 Å². The van der Waals surface area contributed by atoms with Crippen LogP contribution in [-0.2, 0) is 19.3 Å². The highest BCUT2D eigenvalue weighted by molar-refractivity contribution is 7.91. The molecule has 1 saturated heterocycles. The number of phenolic OH excluding ortho intramolecular Hbond substituents is 1. The Bertz CT molecular complexity index is 474. The molecule has 1 aromatic rings. The van der Waals surface area contributed by atoms with Crippen molar-refractivity contribution < 1.29 is 23.0 Å². The largest absolute Gasteiger partial charge is 0.508 e. The van der Waals surface area contributed by atoms with E-state index in [1.165, 1.54) is 24.3 Å². The number of hydrogen-bond acceptors (Lipinski definition) is 5. The van der Waals surface area contributed by atoms with Crippen LogP contribution in [0.2, 0.25) is 0 Å². The van der Waals surface area contributed by atoms with Gasteiger partial charge in [0.05, 0.1) is 11.0 Å². The smallest absolute Gasteiger partial charge is 0.202 e. The lowest BCUT2D eigenvalue weighted by atomic mass is 10.2. The first-order valence-electron chi connectivity index (χ1n) is 5.79. The van der Waals surface area contributed by atoms with E-state index in [-0.39, 0.29) is 22.7 Å². The van der Waals surface area contributed by atoms with Crippen molar-refractivity contribution in [3.8, 4) is 5.75 Å². The van der Waals surface area contributed by atoms with Gasteiger partial charge < -0.3 is 14.6 Å². The number of phenols is 1. The van der Waals surface area contributed by atoms with Crippen molar-refractivity contribution in [2.75, 3.05) is 19.2 Å². The molecule has 1 aliphatic heterocycles. The van der Waals surface area contributed by atoms with E-state index in [0.29, 0.717) is 13.2 Å². The van der Waals surface area contributed by atoms with E-state index < -0.39 is 9.84 Å². The molecule has 0 radical (unpaired) electrons. The van der Waals surface area contributed by atoms with Crippen LogP contribution in [0.4, 0.5) is 0 Å². The Hall–Kier alpha value is -1.11. The van der Waals surface area contributed by atoms with Gasteiger partial charge in [-0.25, -0.2) is 8.42 Å². The molecule has 0 aromatic heterocycles. The molecule has 1 aliphatic rings. The summed E-state index contributed by atoms with van der Waals surface area (Å²) in [4.78, 5) is 0.160. The predicted octanol–water partition coefficient (Wildman–Crippen LogP) is 1.32. The topological polar surface area (TPSA) is 72.8 Å². The monoisotopic (exact) mass is 272 g/mol. The summed E-state index contributed by atoms with van der Waals surface area (Å²) >= 11 is 0. The van der Waals surface area contributed by atoms with Crippen LogP contribution in [-0.4, -0.2) is 38.8 Å². The molecule has 5 nitrogen and oxygen atoms in total. The first-order chi connectivity index (χ1) is 8.58. The summed E-state index contributed by atoms with van der Waals surface area (Å²) < 4.78 is 34.5. The molecular formula is C12H16O5S. The van der Waals surface area contributed by atoms with Gasteiger partial charge in [-0.05, 0) is 37.1 Å². The molecule has 1 N–H and O–H groups in total. The molecular weight excluding hydrogens is 256 g/mol. The summed E-state index contributed by atoms with van der Waals surface area (Å²) in [6.07, 6.45) is 1.40. The number of rotatable bonds is 4. The van der Waals surface area contributed by atoms with Crippen LogP contribution in [0, 0.1) is 0 Å². The van der Waals surface area contributed by atoms with Crippen LogP contribution >= 0.6 is 0 Å². The molecule has 1 heterocycles. The maximum atomic E-state index is 11.9. The van der Waals surface area contributed by atoms with E-state index in [2.05, 4.69) is 0 Å². The molecule has 2 rings (SSSR count). The fraction of sp³-hybridized carbons (Fsp3) is 0.500. The Morgan fingerprint density at radius 1 is 1.22 bits per heavy atom. The van der Waals surface area contributed by atoms with Gasteiger partial charge in [0, 0.05) is 13.2 Å². The van der Waals surface area contributed by atoms with Crippen LogP contribution in [0.1, 0.15) is 12.8 Å². The Morgan fingerprint density at radius 2 is 1.83 bits per heavy atom. The van der Waals surface area contributed by atoms with Gasteiger partial charge in [-0.2, -0.15) is 0 Å². The molecule has 0 aliphatic carbocycles. The Morgan fingerprint density at radius 3 is 2.44 bits per heavy atom. The quantitative estimate of drug-likeness (QED) is 0.895. The van der Waals surface area contributed by atoms with E-state index in [9.17, 15) is 8.42 Å². The summed E-state index contributed by atoms with van der Waals surface area (Å²) in [6.45, 7) is 1.23. The zero-order valence-corrected chi connectivity index (χ0v) is 10.7. The van der Waals surface area contributed by atoms with Gasteiger partial charge in [-0.15, -0.1) is 0 Å². The minimum atomic E-state index is -3.45. The molecule has 0 bridgehead atoms. The lowest BCUT2D eigenvalue weighted by molar-refractivity contribution is -0.0168. The van der Waals surface area contributed by atoms with E-state index in [1.54, 1.807) is 0 Å². The normalized spacial score (nSPS) is 17.8. The van der Waals surface area contributed by atoms with Crippen molar-refractivity contribution in [1.29, 1.82) is 0 Å². The lowest BCUT2D eigenvalue weighted by Gasteiger charge is -2.22. The molecule has 6 heteroatoms. The van der Waals surface area contributed by atoms with Crippen LogP contribution in [0.25, 0.3) is 0 Å². The van der Waals surface area contributed by atoms with Gasteiger partial charge in [0.25, 0.3) is 0 Å². The van der Waals surface area contributed by atoms with Gasteiger partial charge >= 0.3 is 0 Å². The molecule has 0 saturated carbocycles. The van der Waals surface area contributed by atoms with E-state index in [0.717, 1.165) is 12.8 Å². The fourth-order valence-electron chi connectivity index (χ4n) is 1.75. The van der Waals surface area contributed by atoms with Crippen LogP contribution in [0.3, 0.4) is 0 Å². The zero-order valence-electron chi connectivity index (χ0n) is 9.91. The molecule has 0 spiro atoms. The molecule has 0 atom stereocenters. The van der Waals surface area contributed by atoms with E-state index >= 15 is 0 Å².